The van der Waals surface area contributed by atoms with E-state index < -0.39 is 11.9 Å². The molecule has 0 saturated carbocycles. The van der Waals surface area contributed by atoms with Gasteiger partial charge >= 0.3 is 0 Å². The summed E-state index contributed by atoms with van der Waals surface area (Å²) in [5.74, 6) is -3.24. The average molecular weight is 269 g/mol. The van der Waals surface area contributed by atoms with Crippen LogP contribution in [0.2, 0.25) is 0 Å². The van der Waals surface area contributed by atoms with Crippen LogP contribution in [0.1, 0.15) is 24.0 Å². The Hall–Kier alpha value is -1.47. The molecule has 0 aliphatic carbocycles. The third-order valence-corrected chi connectivity index (χ3v) is 2.61. The molecule has 0 radical (unpaired) electrons. The Morgan fingerprint density at radius 3 is 2.58 bits per heavy atom. The van der Waals surface area contributed by atoms with E-state index in [0.29, 0.717) is 5.06 Å². The number of amides is 1. The van der Waals surface area contributed by atoms with Crippen LogP contribution in [-0.2, 0) is 11.2 Å². The van der Waals surface area contributed by atoms with Gasteiger partial charge in [-0.25, -0.2) is 5.06 Å². The standard InChI is InChI=1S/C13H19NO5/c1-10-4-2-5-11(8-10)9-12(15)14(19)7-3-6-13(16,17)18/h2,4-5,8,16-19H,3,6-7,9H2,1H3. The number of nitrogens with zero attached hydrogens (tertiary/aromatic N) is 1. The van der Waals surface area contributed by atoms with E-state index in [1.54, 1.807) is 6.07 Å². The van der Waals surface area contributed by atoms with Crippen LogP contribution in [0, 0.1) is 6.92 Å². The Kier molecular flexibility index (Phi) is 5.44. The molecule has 0 saturated heterocycles. The second kappa shape index (κ2) is 6.63. The van der Waals surface area contributed by atoms with Crippen LogP contribution in [0.4, 0.5) is 0 Å². The van der Waals surface area contributed by atoms with E-state index in [4.69, 9.17) is 15.3 Å². The van der Waals surface area contributed by atoms with Crippen LogP contribution in [0.15, 0.2) is 24.3 Å². The molecule has 0 heterocycles. The molecule has 1 amide bonds. The van der Waals surface area contributed by atoms with Crippen molar-refractivity contribution in [1.29, 1.82) is 0 Å². The summed E-state index contributed by atoms with van der Waals surface area (Å²) in [5, 5.41) is 36.0. The van der Waals surface area contributed by atoms with Crippen LogP contribution >= 0.6 is 0 Å². The van der Waals surface area contributed by atoms with Gasteiger partial charge in [0.1, 0.15) is 0 Å². The number of hydrogen-bond acceptors (Lipinski definition) is 5. The molecule has 1 aromatic carbocycles. The van der Waals surface area contributed by atoms with Gasteiger partial charge in [0.25, 0.3) is 5.97 Å². The lowest BCUT2D eigenvalue weighted by Crippen LogP contribution is -2.33. The second-order valence-corrected chi connectivity index (χ2v) is 4.56. The van der Waals surface area contributed by atoms with Crippen LogP contribution < -0.4 is 0 Å². The molecule has 19 heavy (non-hydrogen) atoms. The molecule has 1 rings (SSSR count). The van der Waals surface area contributed by atoms with Gasteiger partial charge in [-0.2, -0.15) is 0 Å². The zero-order valence-electron chi connectivity index (χ0n) is 10.8. The van der Waals surface area contributed by atoms with E-state index in [1.165, 1.54) is 0 Å². The minimum absolute atomic E-state index is 0.0690. The number of hydrogen-bond donors (Lipinski definition) is 4. The predicted octanol–water partition coefficient (Wildman–Crippen LogP) is 0.166. The molecule has 0 spiro atoms. The first-order valence-electron chi connectivity index (χ1n) is 6.00. The van der Waals surface area contributed by atoms with Gasteiger partial charge in [0.15, 0.2) is 0 Å². The largest absolute Gasteiger partial charge is 0.344 e. The van der Waals surface area contributed by atoms with Crippen molar-refractivity contribution in [3.8, 4) is 0 Å². The highest BCUT2D eigenvalue weighted by Gasteiger charge is 2.19. The minimum Gasteiger partial charge on any atom is -0.344 e. The molecule has 0 bridgehead atoms. The summed E-state index contributed by atoms with van der Waals surface area (Å²) < 4.78 is 0. The van der Waals surface area contributed by atoms with Crippen molar-refractivity contribution in [1.82, 2.24) is 5.06 Å². The second-order valence-electron chi connectivity index (χ2n) is 4.56. The number of benzene rings is 1. The zero-order valence-corrected chi connectivity index (χ0v) is 10.8. The summed E-state index contributed by atoms with van der Waals surface area (Å²) in [6.45, 7) is 1.84. The minimum atomic E-state index is -2.76. The van der Waals surface area contributed by atoms with Gasteiger partial charge in [-0.05, 0) is 18.9 Å². The fourth-order valence-electron chi connectivity index (χ4n) is 1.68. The summed E-state index contributed by atoms with van der Waals surface area (Å²) >= 11 is 0. The molecule has 1 aromatic rings. The highest BCUT2D eigenvalue weighted by atomic mass is 16.7. The third kappa shape index (κ3) is 6.30. The van der Waals surface area contributed by atoms with Gasteiger partial charge in [0, 0.05) is 13.0 Å². The number of hydroxylamine groups is 2. The number of carbonyl (C=O) groups excluding carboxylic acids is 1. The molecular weight excluding hydrogens is 250 g/mol. The highest BCUT2D eigenvalue weighted by molar-refractivity contribution is 5.77. The maximum Gasteiger partial charge on any atom is 0.275 e. The van der Waals surface area contributed by atoms with Crippen molar-refractivity contribution < 1.29 is 25.3 Å². The molecular formula is C13H19NO5. The van der Waals surface area contributed by atoms with Crippen LogP contribution in [0.5, 0.6) is 0 Å². The predicted molar refractivity (Wildman–Crippen MR) is 67.0 cm³/mol. The third-order valence-electron chi connectivity index (χ3n) is 2.61. The Balaban J connectivity index is 2.41. The first-order valence-corrected chi connectivity index (χ1v) is 6.00. The van der Waals surface area contributed by atoms with E-state index in [1.807, 2.05) is 25.1 Å². The first-order chi connectivity index (χ1) is 8.78. The quantitative estimate of drug-likeness (QED) is 0.335. The molecule has 6 nitrogen and oxygen atoms in total. The van der Waals surface area contributed by atoms with Crippen molar-refractivity contribution in [3.63, 3.8) is 0 Å². The van der Waals surface area contributed by atoms with Gasteiger partial charge in [-0.15, -0.1) is 0 Å². The van der Waals surface area contributed by atoms with Crippen molar-refractivity contribution >= 4 is 5.91 Å². The van der Waals surface area contributed by atoms with Crippen molar-refractivity contribution in [2.45, 2.75) is 32.2 Å². The molecule has 0 fully saturated rings. The van der Waals surface area contributed by atoms with Gasteiger partial charge < -0.3 is 15.3 Å². The molecule has 0 aromatic heterocycles. The number of rotatable bonds is 6. The van der Waals surface area contributed by atoms with Gasteiger partial charge in [-0.1, -0.05) is 29.8 Å². The lowest BCUT2D eigenvalue weighted by Gasteiger charge is -2.18. The van der Waals surface area contributed by atoms with Gasteiger partial charge in [-0.3, -0.25) is 10.0 Å². The molecule has 6 heteroatoms. The Labute approximate surface area is 111 Å². The van der Waals surface area contributed by atoms with Crippen LogP contribution in [0.3, 0.4) is 0 Å². The monoisotopic (exact) mass is 269 g/mol. The van der Waals surface area contributed by atoms with Crippen LogP contribution in [0.25, 0.3) is 0 Å². The number of aryl methyl sites for hydroxylation is 1. The summed E-state index contributed by atoms with van der Waals surface area (Å²) in [5.41, 5.74) is 1.82. The zero-order chi connectivity index (χ0) is 14.5. The summed E-state index contributed by atoms with van der Waals surface area (Å²) in [7, 11) is 0. The van der Waals surface area contributed by atoms with Gasteiger partial charge in [0.2, 0.25) is 5.91 Å². The fourth-order valence-corrected chi connectivity index (χ4v) is 1.68. The number of aliphatic hydroxyl groups is 3. The summed E-state index contributed by atoms with van der Waals surface area (Å²) in [4.78, 5) is 11.7. The van der Waals surface area contributed by atoms with E-state index in [0.717, 1.165) is 11.1 Å². The maximum atomic E-state index is 11.7. The molecule has 4 N–H and O–H groups in total. The fraction of sp³-hybridized carbons (Fsp3) is 0.462. The van der Waals surface area contributed by atoms with E-state index in [2.05, 4.69) is 0 Å². The summed E-state index contributed by atoms with van der Waals surface area (Å²) in [6, 6.07) is 7.39. The normalized spacial score (nSPS) is 11.4. The molecule has 0 unspecified atom stereocenters. The van der Waals surface area contributed by atoms with Crippen molar-refractivity contribution in [2.75, 3.05) is 6.54 Å². The molecule has 106 valence electrons. The smallest absolute Gasteiger partial charge is 0.275 e. The SMILES string of the molecule is Cc1cccc(CC(=O)N(O)CCCC(O)(O)O)c1. The lowest BCUT2D eigenvalue weighted by atomic mass is 10.1. The summed E-state index contributed by atoms with van der Waals surface area (Å²) in [6.07, 6.45) is -0.206. The molecule has 0 aliphatic rings. The topological polar surface area (TPSA) is 101 Å². The van der Waals surface area contributed by atoms with Crippen LogP contribution in [-0.4, -0.2) is 44.0 Å². The van der Waals surface area contributed by atoms with Gasteiger partial charge in [0.05, 0.1) is 6.42 Å². The van der Waals surface area contributed by atoms with E-state index in [-0.39, 0.29) is 25.8 Å². The number of carbonyl (C=O) groups is 1. The van der Waals surface area contributed by atoms with E-state index >= 15 is 0 Å². The van der Waals surface area contributed by atoms with Crippen molar-refractivity contribution in [2.24, 2.45) is 0 Å². The average Bonchev–Trinajstić information content (AvgIpc) is 2.27. The Morgan fingerprint density at radius 2 is 2.00 bits per heavy atom. The van der Waals surface area contributed by atoms with Crippen molar-refractivity contribution in [3.05, 3.63) is 35.4 Å². The maximum absolute atomic E-state index is 11.7. The molecule has 0 aliphatic heterocycles. The highest BCUT2D eigenvalue weighted by Crippen LogP contribution is 2.08. The Morgan fingerprint density at radius 1 is 1.32 bits per heavy atom. The lowest BCUT2D eigenvalue weighted by molar-refractivity contribution is -0.315. The van der Waals surface area contributed by atoms with E-state index in [9.17, 15) is 10.0 Å². The molecule has 0 atom stereocenters. The first kappa shape index (κ1) is 15.6. The Bertz CT molecular complexity index is 427.